The van der Waals surface area contributed by atoms with Crippen LogP contribution in [0.4, 0.5) is 13.2 Å². The number of halogens is 4. The minimum atomic E-state index is -4.90. The first-order chi connectivity index (χ1) is 7.70. The van der Waals surface area contributed by atoms with E-state index in [1.807, 2.05) is 0 Å². The molecule has 0 aliphatic carbocycles. The summed E-state index contributed by atoms with van der Waals surface area (Å²) in [6.45, 7) is 0. The summed E-state index contributed by atoms with van der Waals surface area (Å²) in [5.41, 5.74) is -0.374. The van der Waals surface area contributed by atoms with E-state index in [1.165, 1.54) is 0 Å². The van der Waals surface area contributed by atoms with Crippen molar-refractivity contribution in [1.29, 1.82) is 0 Å². The van der Waals surface area contributed by atoms with E-state index in [-0.39, 0.29) is 10.6 Å². The van der Waals surface area contributed by atoms with Crippen LogP contribution in [0.1, 0.15) is 11.7 Å². The Labute approximate surface area is 98.2 Å². The van der Waals surface area contributed by atoms with Crippen molar-refractivity contribution in [2.24, 2.45) is 0 Å². The molecular weight excluding hydrogens is 265 g/mol. The standard InChI is InChI=1S/C9H6ClF3O4/c10-6-2-1-4(17-9(11,12)13)3-5(6)7(14)8(15)16/h1-3,7,14H,(H,15,16). The largest absolute Gasteiger partial charge is 0.573 e. The molecule has 0 saturated carbocycles. The number of benzene rings is 1. The van der Waals surface area contributed by atoms with Gasteiger partial charge in [0.25, 0.3) is 0 Å². The van der Waals surface area contributed by atoms with Gasteiger partial charge < -0.3 is 14.9 Å². The fraction of sp³-hybridized carbons (Fsp3) is 0.222. The van der Waals surface area contributed by atoms with Gasteiger partial charge in [0.2, 0.25) is 0 Å². The lowest BCUT2D eigenvalue weighted by Gasteiger charge is -2.12. The van der Waals surface area contributed by atoms with Gasteiger partial charge in [0.15, 0.2) is 6.10 Å². The van der Waals surface area contributed by atoms with Gasteiger partial charge in [-0.3, -0.25) is 0 Å². The third-order valence-electron chi connectivity index (χ3n) is 1.73. The van der Waals surface area contributed by atoms with Crippen LogP contribution in [0, 0.1) is 0 Å². The van der Waals surface area contributed by atoms with Crippen LogP contribution in [0.15, 0.2) is 18.2 Å². The molecule has 1 atom stereocenters. The quantitative estimate of drug-likeness (QED) is 0.885. The molecular formula is C9H6ClF3O4. The molecule has 0 heterocycles. The van der Waals surface area contributed by atoms with Crippen LogP contribution in [0.25, 0.3) is 0 Å². The van der Waals surface area contributed by atoms with Crippen LogP contribution < -0.4 is 4.74 Å². The molecule has 0 amide bonds. The highest BCUT2D eigenvalue weighted by Gasteiger charge is 2.31. The molecule has 0 fully saturated rings. The molecule has 1 aromatic carbocycles. The number of ether oxygens (including phenoxy) is 1. The maximum absolute atomic E-state index is 11.9. The third kappa shape index (κ3) is 3.79. The minimum absolute atomic E-state index is 0.172. The average molecular weight is 271 g/mol. The third-order valence-corrected chi connectivity index (χ3v) is 2.07. The minimum Gasteiger partial charge on any atom is -0.479 e. The van der Waals surface area contributed by atoms with Crippen LogP contribution in [0.2, 0.25) is 5.02 Å². The van der Waals surface area contributed by atoms with E-state index in [0.29, 0.717) is 6.07 Å². The average Bonchev–Trinajstić information content (AvgIpc) is 2.17. The Morgan fingerprint density at radius 3 is 2.47 bits per heavy atom. The number of carboxylic acid groups (broad SMARTS) is 1. The van der Waals surface area contributed by atoms with E-state index < -0.39 is 24.2 Å². The van der Waals surface area contributed by atoms with Gasteiger partial charge in [0.1, 0.15) is 5.75 Å². The number of carboxylic acids is 1. The Morgan fingerprint density at radius 2 is 2.00 bits per heavy atom. The van der Waals surface area contributed by atoms with Gasteiger partial charge in [0, 0.05) is 10.6 Å². The summed E-state index contributed by atoms with van der Waals surface area (Å²) in [4.78, 5) is 10.5. The Bertz CT molecular complexity index is 433. The first-order valence-electron chi connectivity index (χ1n) is 4.17. The Hall–Kier alpha value is -1.47. The topological polar surface area (TPSA) is 66.8 Å². The molecule has 17 heavy (non-hydrogen) atoms. The highest BCUT2D eigenvalue weighted by Crippen LogP contribution is 2.30. The summed E-state index contributed by atoms with van der Waals surface area (Å²) >= 11 is 5.55. The molecule has 0 aliphatic rings. The maximum atomic E-state index is 11.9. The van der Waals surface area contributed by atoms with E-state index in [2.05, 4.69) is 4.74 Å². The molecule has 0 bridgehead atoms. The fourth-order valence-electron chi connectivity index (χ4n) is 1.06. The van der Waals surface area contributed by atoms with Crippen molar-refractivity contribution in [2.75, 3.05) is 0 Å². The predicted octanol–water partition coefficient (Wildman–Crippen LogP) is 2.36. The Kier molecular flexibility index (Phi) is 3.84. The number of rotatable bonds is 3. The molecule has 0 aliphatic heterocycles. The maximum Gasteiger partial charge on any atom is 0.573 e. The molecule has 1 aromatic rings. The van der Waals surface area contributed by atoms with E-state index >= 15 is 0 Å². The first-order valence-corrected chi connectivity index (χ1v) is 4.54. The van der Waals surface area contributed by atoms with Gasteiger partial charge in [-0.15, -0.1) is 13.2 Å². The summed E-state index contributed by atoms with van der Waals surface area (Å²) in [5, 5.41) is 17.5. The van der Waals surface area contributed by atoms with Crippen molar-refractivity contribution in [1.82, 2.24) is 0 Å². The van der Waals surface area contributed by atoms with Crippen LogP contribution in [0.5, 0.6) is 5.75 Å². The fourth-order valence-corrected chi connectivity index (χ4v) is 1.28. The zero-order valence-corrected chi connectivity index (χ0v) is 8.79. The molecule has 1 rings (SSSR count). The number of hydrogen-bond donors (Lipinski definition) is 2. The van der Waals surface area contributed by atoms with Crippen molar-refractivity contribution in [3.05, 3.63) is 28.8 Å². The number of aliphatic carboxylic acids is 1. The number of carbonyl (C=O) groups is 1. The normalized spacial score (nSPS) is 13.2. The summed E-state index contributed by atoms with van der Waals surface area (Å²) in [7, 11) is 0. The second-order valence-electron chi connectivity index (χ2n) is 2.97. The molecule has 0 spiro atoms. The van der Waals surface area contributed by atoms with Crippen molar-refractivity contribution >= 4 is 17.6 Å². The molecule has 4 nitrogen and oxygen atoms in total. The summed E-state index contributed by atoms with van der Waals surface area (Å²) in [6.07, 6.45) is -6.92. The van der Waals surface area contributed by atoms with Gasteiger partial charge in [-0.1, -0.05) is 11.6 Å². The van der Waals surface area contributed by atoms with Crippen molar-refractivity contribution < 1.29 is 32.9 Å². The van der Waals surface area contributed by atoms with Crippen molar-refractivity contribution in [3.8, 4) is 5.75 Å². The number of alkyl halides is 3. The zero-order chi connectivity index (χ0) is 13.2. The van der Waals surface area contributed by atoms with Gasteiger partial charge in [-0.05, 0) is 18.2 Å². The molecule has 0 aromatic heterocycles. The highest BCUT2D eigenvalue weighted by molar-refractivity contribution is 6.31. The van der Waals surface area contributed by atoms with Crippen LogP contribution in [0.3, 0.4) is 0 Å². The first kappa shape index (κ1) is 13.6. The molecule has 8 heteroatoms. The van der Waals surface area contributed by atoms with Gasteiger partial charge >= 0.3 is 12.3 Å². The van der Waals surface area contributed by atoms with Crippen LogP contribution in [-0.4, -0.2) is 22.5 Å². The summed E-state index contributed by atoms with van der Waals surface area (Å²) < 4.78 is 39.3. The molecule has 1 unspecified atom stereocenters. The number of aliphatic hydroxyl groups excluding tert-OH is 1. The molecule has 94 valence electrons. The lowest BCUT2D eigenvalue weighted by atomic mass is 10.1. The molecule has 0 radical (unpaired) electrons. The lowest BCUT2D eigenvalue weighted by Crippen LogP contribution is -2.18. The number of aliphatic hydroxyl groups is 1. The Balaban J connectivity index is 3.06. The SMILES string of the molecule is O=C(O)C(O)c1cc(OC(F)(F)F)ccc1Cl. The van der Waals surface area contributed by atoms with Crippen LogP contribution >= 0.6 is 11.6 Å². The van der Waals surface area contributed by atoms with E-state index in [0.717, 1.165) is 12.1 Å². The summed E-state index contributed by atoms with van der Waals surface area (Å²) in [5.74, 6) is -2.28. The monoisotopic (exact) mass is 270 g/mol. The molecule has 0 saturated heterocycles. The summed E-state index contributed by atoms with van der Waals surface area (Å²) in [6, 6.07) is 2.63. The number of hydrogen-bond acceptors (Lipinski definition) is 3. The second kappa shape index (κ2) is 4.80. The molecule has 2 N–H and O–H groups in total. The van der Waals surface area contributed by atoms with Gasteiger partial charge in [-0.2, -0.15) is 0 Å². The van der Waals surface area contributed by atoms with E-state index in [9.17, 15) is 23.1 Å². The Morgan fingerprint density at radius 1 is 1.41 bits per heavy atom. The predicted molar refractivity (Wildman–Crippen MR) is 50.7 cm³/mol. The van der Waals surface area contributed by atoms with Gasteiger partial charge in [-0.25, -0.2) is 4.79 Å². The lowest BCUT2D eigenvalue weighted by molar-refractivity contribution is -0.274. The second-order valence-corrected chi connectivity index (χ2v) is 3.38. The van der Waals surface area contributed by atoms with Crippen LogP contribution in [-0.2, 0) is 4.79 Å². The van der Waals surface area contributed by atoms with E-state index in [1.54, 1.807) is 0 Å². The van der Waals surface area contributed by atoms with Gasteiger partial charge in [0.05, 0.1) is 0 Å². The smallest absolute Gasteiger partial charge is 0.479 e. The van der Waals surface area contributed by atoms with E-state index in [4.69, 9.17) is 16.7 Å². The zero-order valence-electron chi connectivity index (χ0n) is 8.03. The van der Waals surface area contributed by atoms with Crippen molar-refractivity contribution in [3.63, 3.8) is 0 Å². The van der Waals surface area contributed by atoms with Crippen molar-refractivity contribution in [2.45, 2.75) is 12.5 Å². The highest BCUT2D eigenvalue weighted by atomic mass is 35.5.